The predicted molar refractivity (Wildman–Crippen MR) is 81.0 cm³/mol. The Morgan fingerprint density at radius 1 is 1.27 bits per heavy atom. The molecule has 0 aliphatic rings. The van der Waals surface area contributed by atoms with Crippen LogP contribution in [0.1, 0.15) is 32.1 Å². The molecule has 0 aliphatic heterocycles. The van der Waals surface area contributed by atoms with Crippen LogP contribution in [0.5, 0.6) is 0 Å². The maximum atomic E-state index is 12.0. The smallest absolute Gasteiger partial charge is 0.331 e. The molecule has 2 rings (SSSR count). The SMILES string of the molecule is Cn1c(Sc2ncc(C(C)(C)C)o2)c(C#N)c(=O)n(C)c1=O. The van der Waals surface area contributed by atoms with Gasteiger partial charge < -0.3 is 4.42 Å². The van der Waals surface area contributed by atoms with Crippen molar-refractivity contribution in [2.24, 2.45) is 14.1 Å². The van der Waals surface area contributed by atoms with E-state index in [0.29, 0.717) is 5.76 Å². The molecule has 0 aromatic carbocycles. The largest absolute Gasteiger partial charge is 0.436 e. The summed E-state index contributed by atoms with van der Waals surface area (Å²) in [6.07, 6.45) is 1.60. The Morgan fingerprint density at radius 3 is 2.41 bits per heavy atom. The summed E-state index contributed by atoms with van der Waals surface area (Å²) in [5.74, 6) is 0.683. The summed E-state index contributed by atoms with van der Waals surface area (Å²) >= 11 is 0.989. The van der Waals surface area contributed by atoms with E-state index in [1.165, 1.54) is 18.7 Å². The molecule has 2 aromatic heterocycles. The Balaban J connectivity index is 2.56. The number of nitriles is 1. The zero-order valence-corrected chi connectivity index (χ0v) is 13.8. The summed E-state index contributed by atoms with van der Waals surface area (Å²) in [4.78, 5) is 28.1. The lowest BCUT2D eigenvalue weighted by Crippen LogP contribution is -2.39. The van der Waals surface area contributed by atoms with Crippen LogP contribution in [0.15, 0.2) is 30.5 Å². The summed E-state index contributed by atoms with van der Waals surface area (Å²) in [5, 5.41) is 9.71. The first-order valence-electron chi connectivity index (χ1n) is 6.51. The highest BCUT2D eigenvalue weighted by atomic mass is 32.2. The topological polar surface area (TPSA) is 93.8 Å². The number of nitrogens with zero attached hydrogens (tertiary/aromatic N) is 4. The average Bonchev–Trinajstić information content (AvgIpc) is 2.91. The number of oxazole rings is 1. The predicted octanol–water partition coefficient (Wildman–Crippen LogP) is 1.39. The van der Waals surface area contributed by atoms with Crippen LogP contribution in [0.3, 0.4) is 0 Å². The van der Waals surface area contributed by atoms with Gasteiger partial charge >= 0.3 is 5.69 Å². The molecule has 0 saturated carbocycles. The van der Waals surface area contributed by atoms with E-state index in [4.69, 9.17) is 4.42 Å². The first kappa shape index (κ1) is 16.1. The standard InChI is InChI=1S/C14H16N4O3S/c1-14(2,3)9-7-16-12(21-9)22-11-8(6-15)10(19)17(4)13(20)18(11)5/h7H,1-5H3. The first-order chi connectivity index (χ1) is 10.2. The van der Waals surface area contributed by atoms with E-state index in [0.717, 1.165) is 16.3 Å². The van der Waals surface area contributed by atoms with Gasteiger partial charge in [-0.1, -0.05) is 20.8 Å². The van der Waals surface area contributed by atoms with Crippen molar-refractivity contribution in [3.63, 3.8) is 0 Å². The third-order valence-corrected chi connectivity index (χ3v) is 4.17. The lowest BCUT2D eigenvalue weighted by molar-refractivity contribution is 0.354. The number of hydrogen-bond donors (Lipinski definition) is 0. The zero-order chi connectivity index (χ0) is 16.7. The van der Waals surface area contributed by atoms with E-state index < -0.39 is 11.2 Å². The van der Waals surface area contributed by atoms with Crippen LogP contribution >= 0.6 is 11.8 Å². The Hall–Kier alpha value is -2.27. The van der Waals surface area contributed by atoms with Gasteiger partial charge in [0.05, 0.1) is 6.20 Å². The monoisotopic (exact) mass is 320 g/mol. The van der Waals surface area contributed by atoms with Gasteiger partial charge in [-0.25, -0.2) is 9.78 Å². The second-order valence-electron chi connectivity index (χ2n) is 5.84. The molecule has 0 unspecified atom stereocenters. The van der Waals surface area contributed by atoms with Crippen LogP contribution in [0.2, 0.25) is 0 Å². The molecule has 116 valence electrons. The Morgan fingerprint density at radius 2 is 1.91 bits per heavy atom. The molecular formula is C14H16N4O3S. The number of rotatable bonds is 2. The molecular weight excluding hydrogens is 304 g/mol. The van der Waals surface area contributed by atoms with Gasteiger partial charge in [0, 0.05) is 19.5 Å². The molecule has 0 atom stereocenters. The van der Waals surface area contributed by atoms with E-state index in [9.17, 15) is 14.9 Å². The fraction of sp³-hybridized carbons (Fsp3) is 0.429. The summed E-state index contributed by atoms with van der Waals surface area (Å²) < 4.78 is 7.78. The second kappa shape index (κ2) is 5.50. The molecule has 0 spiro atoms. The number of hydrogen-bond acceptors (Lipinski definition) is 6. The van der Waals surface area contributed by atoms with Crippen LogP contribution < -0.4 is 11.2 Å². The molecule has 0 fully saturated rings. The molecule has 2 aromatic rings. The van der Waals surface area contributed by atoms with Crippen molar-refractivity contribution < 1.29 is 4.42 Å². The van der Waals surface area contributed by atoms with Gasteiger partial charge in [-0.15, -0.1) is 0 Å². The quantitative estimate of drug-likeness (QED) is 0.776. The van der Waals surface area contributed by atoms with Crippen LogP contribution in [-0.2, 0) is 19.5 Å². The van der Waals surface area contributed by atoms with E-state index in [1.807, 2.05) is 26.8 Å². The Kier molecular flexibility index (Phi) is 4.02. The van der Waals surface area contributed by atoms with Crippen molar-refractivity contribution in [1.29, 1.82) is 5.26 Å². The summed E-state index contributed by atoms with van der Waals surface area (Å²) in [5.41, 5.74) is -1.45. The molecule has 7 nitrogen and oxygen atoms in total. The van der Waals surface area contributed by atoms with Gasteiger partial charge in [0.25, 0.3) is 10.8 Å². The van der Waals surface area contributed by atoms with Crippen molar-refractivity contribution in [2.75, 3.05) is 0 Å². The van der Waals surface area contributed by atoms with Crippen molar-refractivity contribution >= 4 is 11.8 Å². The van der Waals surface area contributed by atoms with E-state index in [1.54, 1.807) is 6.20 Å². The molecule has 0 N–H and O–H groups in total. The van der Waals surface area contributed by atoms with Crippen molar-refractivity contribution in [1.82, 2.24) is 14.1 Å². The lowest BCUT2D eigenvalue weighted by Gasteiger charge is -2.13. The summed E-state index contributed by atoms with van der Waals surface area (Å²) in [6, 6.07) is 1.85. The van der Waals surface area contributed by atoms with E-state index >= 15 is 0 Å². The minimum atomic E-state index is -0.629. The van der Waals surface area contributed by atoms with Gasteiger partial charge in [-0.3, -0.25) is 13.9 Å². The fourth-order valence-corrected chi connectivity index (χ4v) is 2.63. The molecule has 0 aliphatic carbocycles. The normalized spacial score (nSPS) is 11.5. The Bertz CT molecular complexity index is 877. The maximum Gasteiger partial charge on any atom is 0.331 e. The van der Waals surface area contributed by atoms with Crippen molar-refractivity contribution in [2.45, 2.75) is 36.4 Å². The van der Waals surface area contributed by atoms with Crippen LogP contribution in [0.4, 0.5) is 0 Å². The summed E-state index contributed by atoms with van der Waals surface area (Å²) in [6.45, 7) is 5.95. The number of aromatic nitrogens is 3. The minimum Gasteiger partial charge on any atom is -0.436 e. The van der Waals surface area contributed by atoms with Crippen molar-refractivity contribution in [3.8, 4) is 6.07 Å². The Labute approximate surface area is 131 Å². The lowest BCUT2D eigenvalue weighted by atomic mass is 9.94. The van der Waals surface area contributed by atoms with Crippen molar-refractivity contribution in [3.05, 3.63) is 38.4 Å². The van der Waals surface area contributed by atoms with Gasteiger partial charge in [0.1, 0.15) is 22.4 Å². The van der Waals surface area contributed by atoms with E-state index in [-0.39, 0.29) is 21.2 Å². The highest BCUT2D eigenvalue weighted by molar-refractivity contribution is 7.99. The van der Waals surface area contributed by atoms with Gasteiger partial charge in [-0.05, 0) is 11.8 Å². The van der Waals surface area contributed by atoms with Gasteiger partial charge in [-0.2, -0.15) is 5.26 Å². The highest BCUT2D eigenvalue weighted by Gasteiger charge is 2.22. The molecule has 22 heavy (non-hydrogen) atoms. The molecule has 2 heterocycles. The third-order valence-electron chi connectivity index (χ3n) is 3.13. The molecule has 0 saturated heterocycles. The van der Waals surface area contributed by atoms with Crippen LogP contribution in [0, 0.1) is 11.3 Å². The molecule has 0 amide bonds. The highest BCUT2D eigenvalue weighted by Crippen LogP contribution is 2.31. The minimum absolute atomic E-state index is 0.106. The second-order valence-corrected chi connectivity index (χ2v) is 6.78. The fourth-order valence-electron chi connectivity index (χ4n) is 1.78. The first-order valence-corrected chi connectivity index (χ1v) is 7.32. The average molecular weight is 320 g/mol. The molecule has 0 bridgehead atoms. The third kappa shape index (κ3) is 2.72. The molecule has 0 radical (unpaired) electrons. The van der Waals surface area contributed by atoms with Crippen LogP contribution in [-0.4, -0.2) is 14.1 Å². The van der Waals surface area contributed by atoms with Gasteiger partial charge in [0.15, 0.2) is 0 Å². The van der Waals surface area contributed by atoms with E-state index in [2.05, 4.69) is 4.98 Å². The zero-order valence-electron chi connectivity index (χ0n) is 13.0. The maximum absolute atomic E-state index is 12.0. The summed E-state index contributed by atoms with van der Waals surface area (Å²) in [7, 11) is 2.83. The van der Waals surface area contributed by atoms with Crippen LogP contribution in [0.25, 0.3) is 0 Å². The van der Waals surface area contributed by atoms with Gasteiger partial charge in [0.2, 0.25) is 0 Å². The molecule has 8 heteroatoms.